The van der Waals surface area contributed by atoms with E-state index < -0.39 is 24.2 Å². The van der Waals surface area contributed by atoms with Crippen LogP contribution in [0.1, 0.15) is 76.8 Å². The van der Waals surface area contributed by atoms with Gasteiger partial charge in [-0.05, 0) is 48.5 Å². The Morgan fingerprint density at radius 1 is 1.18 bits per heavy atom. The third-order valence-corrected chi connectivity index (χ3v) is 12.9. The maximum Gasteiger partial charge on any atom is 0.233 e. The number of rotatable bonds is 16. The van der Waals surface area contributed by atoms with Gasteiger partial charge in [0.1, 0.15) is 0 Å². The number of likely N-dealkylation sites (tertiary alicyclic amines) is 1. The summed E-state index contributed by atoms with van der Waals surface area (Å²) in [6, 6.07) is 8.49. The number of amides is 2. The Bertz CT molecular complexity index is 1110. The molecular weight excluding hydrogens is 544 g/mol. The minimum Gasteiger partial charge on any atom is -0.410 e. The van der Waals surface area contributed by atoms with Gasteiger partial charge in [0.2, 0.25) is 21.8 Å². The van der Waals surface area contributed by atoms with Crippen LogP contribution in [0, 0.1) is 0 Å². The van der Waals surface area contributed by atoms with Crippen molar-refractivity contribution in [3.63, 3.8) is 0 Å². The van der Waals surface area contributed by atoms with Crippen LogP contribution >= 0.6 is 0 Å². The highest BCUT2D eigenvalue weighted by atomic mass is 32.2. The van der Waals surface area contributed by atoms with Gasteiger partial charge in [-0.1, -0.05) is 70.0 Å². The SMILES string of the molecule is COCc1cccc(C[C@@H](C=C[C@H]2CCC(=O)N2CCCCCCC(=O)NS(C)(=O)=O)O[Si](C)(C)C(C)(C)C)c1. The van der Waals surface area contributed by atoms with Gasteiger partial charge < -0.3 is 14.1 Å². The first-order valence-electron chi connectivity index (χ1n) is 14.3. The third-order valence-electron chi connectivity index (χ3n) is 7.77. The molecule has 0 bridgehead atoms. The summed E-state index contributed by atoms with van der Waals surface area (Å²) in [4.78, 5) is 26.3. The quantitative estimate of drug-likeness (QED) is 0.158. The lowest BCUT2D eigenvalue weighted by molar-refractivity contribution is -0.128. The van der Waals surface area contributed by atoms with Crippen LogP contribution in [0.3, 0.4) is 0 Å². The first kappa shape index (κ1) is 34.2. The van der Waals surface area contributed by atoms with E-state index in [-0.39, 0.29) is 29.5 Å². The van der Waals surface area contributed by atoms with Crippen molar-refractivity contribution in [3.05, 3.63) is 47.5 Å². The number of hydrogen-bond donors (Lipinski definition) is 1. The van der Waals surface area contributed by atoms with Crippen LogP contribution in [-0.4, -0.2) is 65.5 Å². The maximum atomic E-state index is 12.7. The molecule has 0 saturated carbocycles. The second-order valence-electron chi connectivity index (χ2n) is 12.4. The molecule has 2 amide bonds. The van der Waals surface area contributed by atoms with Crippen LogP contribution in [0.25, 0.3) is 0 Å². The molecular formula is C30H50N2O6SSi. The summed E-state index contributed by atoms with van der Waals surface area (Å²) in [5, 5.41) is 0.0812. The number of nitrogens with one attached hydrogen (secondary N) is 1. The van der Waals surface area contributed by atoms with E-state index >= 15 is 0 Å². The zero-order chi connectivity index (χ0) is 30.0. The van der Waals surface area contributed by atoms with Crippen molar-refractivity contribution in [1.82, 2.24) is 9.62 Å². The van der Waals surface area contributed by atoms with Crippen LogP contribution in [0.2, 0.25) is 18.1 Å². The summed E-state index contributed by atoms with van der Waals surface area (Å²) >= 11 is 0. The Kier molecular flexibility index (Phi) is 13.1. The van der Waals surface area contributed by atoms with Crippen molar-refractivity contribution in [3.8, 4) is 0 Å². The minimum atomic E-state index is -3.51. The molecule has 1 aromatic rings. The lowest BCUT2D eigenvalue weighted by Gasteiger charge is -2.39. The largest absolute Gasteiger partial charge is 0.410 e. The van der Waals surface area contributed by atoms with Crippen LogP contribution in [0.5, 0.6) is 0 Å². The van der Waals surface area contributed by atoms with Gasteiger partial charge in [0.05, 0.1) is 25.0 Å². The lowest BCUT2D eigenvalue weighted by atomic mass is 10.0. The topological polar surface area (TPSA) is 102 Å². The van der Waals surface area contributed by atoms with E-state index in [0.717, 1.165) is 43.9 Å². The van der Waals surface area contributed by atoms with Gasteiger partial charge in [-0.15, -0.1) is 0 Å². The number of benzene rings is 1. The molecule has 2 rings (SSSR count). The Labute approximate surface area is 243 Å². The van der Waals surface area contributed by atoms with Crippen molar-refractivity contribution in [2.75, 3.05) is 19.9 Å². The van der Waals surface area contributed by atoms with E-state index in [1.807, 2.05) is 9.62 Å². The molecule has 1 aliphatic heterocycles. The molecule has 0 aliphatic carbocycles. The van der Waals surface area contributed by atoms with Crippen molar-refractivity contribution >= 4 is 30.2 Å². The van der Waals surface area contributed by atoms with Gasteiger partial charge in [0.15, 0.2) is 8.32 Å². The lowest BCUT2D eigenvalue weighted by Crippen LogP contribution is -2.44. The van der Waals surface area contributed by atoms with Gasteiger partial charge >= 0.3 is 0 Å². The first-order valence-corrected chi connectivity index (χ1v) is 19.1. The van der Waals surface area contributed by atoms with E-state index in [9.17, 15) is 18.0 Å². The standard InChI is InChI=1S/C30H50N2O6SSi/c1-30(2,3)40(6,7)38-27(22-24-13-12-14-25(21-24)23-37-4)18-16-26-17-19-29(34)32(26)20-11-9-8-10-15-28(33)31-39(5,35)36/h12-14,16,18,21,26-27H,8-11,15,17,19-20,22-23H2,1-7H3,(H,31,33)/t26-,27+/m0/s1. The number of methoxy groups -OCH3 is 1. The maximum absolute atomic E-state index is 12.7. The predicted octanol–water partition coefficient (Wildman–Crippen LogP) is 5.34. The molecule has 0 unspecified atom stereocenters. The van der Waals surface area contributed by atoms with Gasteiger partial charge in [-0.25, -0.2) is 8.42 Å². The molecule has 2 atom stereocenters. The highest BCUT2D eigenvalue weighted by Crippen LogP contribution is 2.38. The molecule has 1 fully saturated rings. The van der Waals surface area contributed by atoms with Gasteiger partial charge in [0, 0.05) is 32.9 Å². The smallest absolute Gasteiger partial charge is 0.233 e. The average Bonchev–Trinajstić information content (AvgIpc) is 3.17. The second kappa shape index (κ2) is 15.3. The molecule has 0 radical (unpaired) electrons. The van der Waals surface area contributed by atoms with E-state index in [2.05, 4.69) is 70.3 Å². The summed E-state index contributed by atoms with van der Waals surface area (Å²) < 4.78 is 36.4. The molecule has 0 spiro atoms. The molecule has 1 saturated heterocycles. The summed E-state index contributed by atoms with van der Waals surface area (Å²) in [6.45, 7) is 12.5. The van der Waals surface area contributed by atoms with Crippen LogP contribution in [0.4, 0.5) is 0 Å². The van der Waals surface area contributed by atoms with E-state index in [1.165, 1.54) is 5.56 Å². The average molecular weight is 595 g/mol. The van der Waals surface area contributed by atoms with E-state index in [0.29, 0.717) is 26.0 Å². The Balaban J connectivity index is 2.01. The van der Waals surface area contributed by atoms with Crippen molar-refractivity contribution in [1.29, 1.82) is 0 Å². The van der Waals surface area contributed by atoms with Crippen molar-refractivity contribution < 1.29 is 27.2 Å². The van der Waals surface area contributed by atoms with Crippen molar-refractivity contribution in [2.45, 2.75) is 109 Å². The molecule has 40 heavy (non-hydrogen) atoms. The minimum absolute atomic E-state index is 0.0541. The zero-order valence-corrected chi connectivity index (χ0v) is 27.3. The molecule has 0 aromatic heterocycles. The number of carbonyl (C=O) groups is 2. The highest BCUT2D eigenvalue weighted by molar-refractivity contribution is 7.89. The first-order chi connectivity index (χ1) is 18.6. The van der Waals surface area contributed by atoms with Gasteiger partial charge in [-0.2, -0.15) is 0 Å². The number of nitrogens with zero attached hydrogens (tertiary/aromatic N) is 1. The Morgan fingerprint density at radius 2 is 1.85 bits per heavy atom. The van der Waals surface area contributed by atoms with Gasteiger partial charge in [-0.3, -0.25) is 14.3 Å². The normalized spacial score (nSPS) is 17.5. The number of sulfonamides is 1. The summed E-state index contributed by atoms with van der Waals surface area (Å²) in [5.41, 5.74) is 2.34. The second-order valence-corrected chi connectivity index (χ2v) is 18.9. The third kappa shape index (κ3) is 11.8. The fourth-order valence-corrected chi connectivity index (χ4v) is 6.42. The highest BCUT2D eigenvalue weighted by Gasteiger charge is 2.39. The Hall–Kier alpha value is -2.01. The molecule has 1 aliphatic rings. The van der Waals surface area contributed by atoms with Crippen LogP contribution in [-0.2, 0) is 41.8 Å². The number of ether oxygens (including phenoxy) is 1. The Morgan fingerprint density at radius 3 is 2.50 bits per heavy atom. The van der Waals surface area contributed by atoms with Crippen molar-refractivity contribution in [2.24, 2.45) is 0 Å². The van der Waals surface area contributed by atoms with E-state index in [1.54, 1.807) is 7.11 Å². The predicted molar refractivity (Wildman–Crippen MR) is 163 cm³/mol. The molecule has 8 nitrogen and oxygen atoms in total. The molecule has 10 heteroatoms. The molecule has 1 aromatic carbocycles. The number of carbonyl (C=O) groups excluding carboxylic acids is 2. The summed E-state index contributed by atoms with van der Waals surface area (Å²) in [6.07, 6.45) is 10.7. The fourth-order valence-electron chi connectivity index (χ4n) is 4.63. The summed E-state index contributed by atoms with van der Waals surface area (Å²) in [5.74, 6) is -0.293. The monoisotopic (exact) mass is 594 g/mol. The van der Waals surface area contributed by atoms with E-state index in [4.69, 9.17) is 9.16 Å². The fraction of sp³-hybridized carbons (Fsp3) is 0.667. The van der Waals surface area contributed by atoms with Gasteiger partial charge in [0.25, 0.3) is 0 Å². The van der Waals surface area contributed by atoms with Crippen LogP contribution in [0.15, 0.2) is 36.4 Å². The van der Waals surface area contributed by atoms with Crippen LogP contribution < -0.4 is 4.72 Å². The summed E-state index contributed by atoms with van der Waals surface area (Å²) in [7, 11) is -3.84. The molecule has 1 N–H and O–H groups in total. The molecule has 226 valence electrons. The zero-order valence-electron chi connectivity index (χ0n) is 25.5. The molecule has 1 heterocycles. The number of unbranched alkanes of at least 4 members (excludes halogenated alkanes) is 3. The number of hydrogen-bond acceptors (Lipinski definition) is 6.